The lowest BCUT2D eigenvalue weighted by atomic mass is 10.1. The molecule has 2 heterocycles. The van der Waals surface area contributed by atoms with E-state index in [9.17, 15) is 9.59 Å². The third-order valence-corrected chi connectivity index (χ3v) is 3.09. The highest BCUT2D eigenvalue weighted by Gasteiger charge is 2.32. The van der Waals surface area contributed by atoms with Gasteiger partial charge in [0.05, 0.1) is 18.4 Å². The number of benzene rings is 1. The third-order valence-electron chi connectivity index (χ3n) is 3.09. The van der Waals surface area contributed by atoms with Crippen molar-refractivity contribution in [2.75, 3.05) is 12.4 Å². The summed E-state index contributed by atoms with van der Waals surface area (Å²) >= 11 is 0. The number of methoxy groups -OCH3 is 1. The van der Waals surface area contributed by atoms with Crippen LogP contribution >= 0.6 is 0 Å². The van der Waals surface area contributed by atoms with Gasteiger partial charge in [0.15, 0.2) is 0 Å². The number of carbonyl (C=O) groups is 2. The number of rotatable bonds is 2. The Morgan fingerprint density at radius 3 is 2.67 bits per heavy atom. The lowest BCUT2D eigenvalue weighted by Gasteiger charge is -2.04. The second-order valence-electron chi connectivity index (χ2n) is 4.38. The van der Waals surface area contributed by atoms with E-state index in [0.29, 0.717) is 16.8 Å². The molecule has 1 amide bonds. The van der Waals surface area contributed by atoms with Gasteiger partial charge < -0.3 is 10.1 Å². The number of aromatic nitrogens is 1. The summed E-state index contributed by atoms with van der Waals surface area (Å²) in [5, 5.41) is 6.94. The Labute approximate surface area is 120 Å². The first-order valence-corrected chi connectivity index (χ1v) is 6.29. The Kier molecular flexibility index (Phi) is 3.19. The maximum absolute atomic E-state index is 12.1. The predicted molar refractivity (Wildman–Crippen MR) is 75.0 cm³/mol. The van der Waals surface area contributed by atoms with Crippen molar-refractivity contribution in [1.82, 2.24) is 0 Å². The highest BCUT2D eigenvalue weighted by atomic mass is 16.5. The van der Waals surface area contributed by atoms with Crippen LogP contribution in [0.3, 0.4) is 0 Å². The van der Waals surface area contributed by atoms with Gasteiger partial charge in [0.1, 0.15) is 0 Å². The van der Waals surface area contributed by atoms with Gasteiger partial charge in [-0.25, -0.2) is 4.79 Å². The van der Waals surface area contributed by atoms with Crippen molar-refractivity contribution in [3.63, 3.8) is 0 Å². The van der Waals surface area contributed by atoms with Gasteiger partial charge in [0.2, 0.25) is 18.1 Å². The van der Waals surface area contributed by atoms with Crippen LogP contribution in [0.2, 0.25) is 0 Å². The summed E-state index contributed by atoms with van der Waals surface area (Å²) in [4.78, 5) is 23.8. The van der Waals surface area contributed by atoms with E-state index >= 15 is 0 Å². The summed E-state index contributed by atoms with van der Waals surface area (Å²) in [6.45, 7) is 0. The van der Waals surface area contributed by atoms with E-state index in [4.69, 9.17) is 4.74 Å². The predicted octanol–water partition coefficient (Wildman–Crippen LogP) is 0.965. The van der Waals surface area contributed by atoms with Gasteiger partial charge in [-0.3, -0.25) is 4.79 Å². The highest BCUT2D eigenvalue weighted by Crippen LogP contribution is 2.27. The summed E-state index contributed by atoms with van der Waals surface area (Å²) < 4.78 is 6.25. The van der Waals surface area contributed by atoms with Crippen molar-refractivity contribution in [2.24, 2.45) is 5.10 Å². The van der Waals surface area contributed by atoms with Gasteiger partial charge in [0, 0.05) is 22.8 Å². The maximum Gasteiger partial charge on any atom is 0.339 e. The van der Waals surface area contributed by atoms with Gasteiger partial charge in [-0.05, 0) is 6.07 Å². The first kappa shape index (κ1) is 13.0. The summed E-state index contributed by atoms with van der Waals surface area (Å²) in [7, 11) is 1.30. The molecule has 0 atom stereocenters. The topological polar surface area (TPSA) is 71.6 Å². The number of hydrogen-bond acceptors (Lipinski definition) is 4. The minimum absolute atomic E-state index is 0.256. The van der Waals surface area contributed by atoms with Crippen LogP contribution in [0.25, 0.3) is 0 Å². The number of esters is 1. The van der Waals surface area contributed by atoms with E-state index in [2.05, 4.69) is 10.4 Å². The summed E-state index contributed by atoms with van der Waals surface area (Å²) in [5.41, 5.74) is 1.59. The number of carbonyl (C=O) groups excluding carboxylic acids is 2. The van der Waals surface area contributed by atoms with Crippen molar-refractivity contribution in [3.8, 4) is 0 Å². The molecule has 0 aliphatic carbocycles. The monoisotopic (exact) mass is 282 g/mol. The molecular formula is C15H12N3O3+. The Balaban J connectivity index is 2.11. The number of nitrogens with zero attached hydrogens (tertiary/aromatic N) is 2. The Hall–Kier alpha value is -3.02. The number of fused-ring (bicyclic) bond motifs is 1. The van der Waals surface area contributed by atoms with Gasteiger partial charge >= 0.3 is 5.97 Å². The van der Waals surface area contributed by atoms with Crippen molar-refractivity contribution in [3.05, 3.63) is 59.9 Å². The largest absolute Gasteiger partial charge is 0.465 e. The molecule has 0 radical (unpaired) electrons. The SMILES string of the molecule is COC(=O)c1cccc2c1NC(=O)/C2=N\[n+]1ccccc1. The molecule has 1 aliphatic rings. The molecule has 0 unspecified atom stereocenters. The quantitative estimate of drug-likeness (QED) is 0.659. The molecule has 1 aromatic heterocycles. The number of anilines is 1. The average Bonchev–Trinajstić information content (AvgIpc) is 2.83. The Morgan fingerprint density at radius 1 is 1.19 bits per heavy atom. The maximum atomic E-state index is 12.1. The molecule has 0 saturated heterocycles. The average molecular weight is 282 g/mol. The number of para-hydroxylation sites is 1. The molecule has 0 fully saturated rings. The second kappa shape index (κ2) is 5.16. The van der Waals surface area contributed by atoms with Crippen molar-refractivity contribution < 1.29 is 19.0 Å². The first-order valence-electron chi connectivity index (χ1n) is 6.29. The zero-order valence-corrected chi connectivity index (χ0v) is 11.2. The molecule has 21 heavy (non-hydrogen) atoms. The second-order valence-corrected chi connectivity index (χ2v) is 4.38. The van der Waals surface area contributed by atoms with Gasteiger partial charge in [-0.15, -0.1) is 0 Å². The van der Waals surface area contributed by atoms with Crippen molar-refractivity contribution in [1.29, 1.82) is 0 Å². The normalized spacial score (nSPS) is 14.7. The first-order chi connectivity index (χ1) is 10.2. The van der Waals surface area contributed by atoms with Crippen molar-refractivity contribution in [2.45, 2.75) is 0 Å². The standard InChI is InChI=1S/C15H11N3O3/c1-21-15(20)11-7-5-6-10-12(11)16-14(19)13(10)17-18-8-3-2-4-9-18/h2-9H,1H3/p+1. The molecule has 0 saturated carbocycles. The summed E-state index contributed by atoms with van der Waals surface area (Å²) in [5.74, 6) is -0.849. The van der Waals surface area contributed by atoms with Crippen LogP contribution in [0, 0.1) is 0 Å². The van der Waals surface area contributed by atoms with Crippen LogP contribution < -0.4 is 9.99 Å². The molecule has 104 valence electrons. The lowest BCUT2D eigenvalue weighted by molar-refractivity contribution is -0.678. The minimum Gasteiger partial charge on any atom is -0.465 e. The van der Waals surface area contributed by atoms with E-state index in [1.807, 2.05) is 18.2 Å². The number of pyridine rings is 1. The molecule has 6 nitrogen and oxygen atoms in total. The van der Waals surface area contributed by atoms with E-state index in [1.54, 1.807) is 30.6 Å². The molecule has 1 aromatic carbocycles. The van der Waals surface area contributed by atoms with E-state index in [0.717, 1.165) is 0 Å². The fourth-order valence-electron chi connectivity index (χ4n) is 2.13. The fourth-order valence-corrected chi connectivity index (χ4v) is 2.13. The van der Waals surface area contributed by atoms with Crippen molar-refractivity contribution >= 4 is 23.3 Å². The van der Waals surface area contributed by atoms with Crippen LogP contribution in [0.4, 0.5) is 5.69 Å². The number of amides is 1. The van der Waals surface area contributed by atoms with E-state index < -0.39 is 5.97 Å². The van der Waals surface area contributed by atoms with Crippen LogP contribution in [0.15, 0.2) is 53.9 Å². The fraction of sp³-hybridized carbons (Fsp3) is 0.0667. The number of nitrogens with one attached hydrogen (secondary N) is 1. The minimum atomic E-state index is -0.499. The molecule has 0 spiro atoms. The molecular weight excluding hydrogens is 270 g/mol. The lowest BCUT2D eigenvalue weighted by Crippen LogP contribution is -2.30. The number of ether oxygens (including phenoxy) is 1. The Morgan fingerprint density at radius 2 is 1.95 bits per heavy atom. The zero-order chi connectivity index (χ0) is 14.8. The van der Waals surface area contributed by atoms with Crippen LogP contribution in [-0.2, 0) is 9.53 Å². The summed E-state index contributed by atoms with van der Waals surface area (Å²) in [6, 6.07) is 10.5. The molecule has 1 aliphatic heterocycles. The van der Waals surface area contributed by atoms with Crippen LogP contribution in [0.5, 0.6) is 0 Å². The van der Waals surface area contributed by atoms with E-state index in [1.165, 1.54) is 11.8 Å². The smallest absolute Gasteiger partial charge is 0.339 e. The van der Waals surface area contributed by atoms with E-state index in [-0.39, 0.29) is 11.6 Å². The number of hydrogen-bond donors (Lipinski definition) is 1. The zero-order valence-electron chi connectivity index (χ0n) is 11.2. The Bertz CT molecular complexity index is 754. The highest BCUT2D eigenvalue weighted by molar-refractivity contribution is 6.54. The van der Waals surface area contributed by atoms with Gasteiger partial charge in [-0.1, -0.05) is 22.9 Å². The van der Waals surface area contributed by atoms with Crippen LogP contribution in [-0.4, -0.2) is 24.7 Å². The van der Waals surface area contributed by atoms with Gasteiger partial charge in [0.25, 0.3) is 5.91 Å². The molecule has 3 rings (SSSR count). The molecule has 1 N–H and O–H groups in total. The molecule has 2 aromatic rings. The summed E-state index contributed by atoms with van der Waals surface area (Å²) in [6.07, 6.45) is 3.45. The third kappa shape index (κ3) is 2.27. The van der Waals surface area contributed by atoms with Gasteiger partial charge in [-0.2, -0.15) is 0 Å². The molecule has 0 bridgehead atoms. The molecule has 6 heteroatoms. The van der Waals surface area contributed by atoms with Crippen LogP contribution in [0.1, 0.15) is 15.9 Å².